The molecule has 0 spiro atoms. The van der Waals surface area contributed by atoms with Crippen molar-refractivity contribution in [3.63, 3.8) is 0 Å². The number of rotatable bonds is 3. The van der Waals surface area contributed by atoms with Crippen LogP contribution in [0.25, 0.3) is 10.9 Å². The first-order chi connectivity index (χ1) is 12.7. The van der Waals surface area contributed by atoms with E-state index in [0.29, 0.717) is 5.56 Å². The largest absolute Gasteiger partial charge is 0.450 e. The van der Waals surface area contributed by atoms with Gasteiger partial charge < -0.3 is 9.64 Å². The number of carbonyl (C=O) groups is 1. The highest BCUT2D eigenvalue weighted by atomic mass is 79.9. The van der Waals surface area contributed by atoms with Gasteiger partial charge in [-0.1, -0.05) is 0 Å². The molecule has 0 radical (unpaired) electrons. The first kappa shape index (κ1) is 17.0. The number of anilines is 2. The van der Waals surface area contributed by atoms with E-state index in [1.54, 1.807) is 18.2 Å². The van der Waals surface area contributed by atoms with Crippen LogP contribution in [0.3, 0.4) is 0 Å². The summed E-state index contributed by atoms with van der Waals surface area (Å²) in [6.45, 7) is 0.844. The Balaban J connectivity index is 1.75. The number of halogens is 2. The van der Waals surface area contributed by atoms with Crippen molar-refractivity contribution in [2.45, 2.75) is 12.8 Å². The normalized spacial score (nSPS) is 13.5. The molecule has 0 bridgehead atoms. The van der Waals surface area contributed by atoms with Crippen molar-refractivity contribution in [2.24, 2.45) is 0 Å². The highest BCUT2D eigenvalue weighted by molar-refractivity contribution is 9.09. The fraction of sp³-hybridized carbons (Fsp3) is 0.200. The van der Waals surface area contributed by atoms with Gasteiger partial charge in [0.1, 0.15) is 11.3 Å². The summed E-state index contributed by atoms with van der Waals surface area (Å²) in [4.78, 5) is 18.6. The Labute approximate surface area is 158 Å². The fourth-order valence-corrected chi connectivity index (χ4v) is 3.57. The summed E-state index contributed by atoms with van der Waals surface area (Å²) in [5.41, 5.74) is 4.39. The number of hydrogen-bond donors (Lipinski definition) is 0. The van der Waals surface area contributed by atoms with Crippen molar-refractivity contribution in [1.29, 1.82) is 0 Å². The quantitative estimate of drug-likeness (QED) is 0.448. The first-order valence-electron chi connectivity index (χ1n) is 8.34. The van der Waals surface area contributed by atoms with Crippen LogP contribution in [0.2, 0.25) is 0 Å². The number of aromatic nitrogens is 1. The Hall–Kier alpha value is -2.47. The van der Waals surface area contributed by atoms with Crippen LogP contribution in [0.5, 0.6) is 0 Å². The molecule has 2 aromatic carbocycles. The number of fused-ring (bicyclic) bond motifs is 2. The molecule has 1 aliphatic heterocycles. The van der Waals surface area contributed by atoms with Crippen molar-refractivity contribution in [2.75, 3.05) is 17.0 Å². The van der Waals surface area contributed by atoms with E-state index in [4.69, 9.17) is 4.74 Å². The number of benzene rings is 2. The van der Waals surface area contributed by atoms with E-state index in [0.717, 1.165) is 47.2 Å². The zero-order valence-electron chi connectivity index (χ0n) is 13.9. The molecule has 1 aromatic heterocycles. The number of alkyl halides is 1. The van der Waals surface area contributed by atoms with Crippen LogP contribution >= 0.6 is 15.9 Å². The Bertz CT molecular complexity index is 993. The maximum Gasteiger partial charge on any atom is 0.338 e. The van der Waals surface area contributed by atoms with Gasteiger partial charge in [-0.2, -0.15) is 0 Å². The Kier molecular flexibility index (Phi) is 4.59. The van der Waals surface area contributed by atoms with Crippen LogP contribution in [0, 0.1) is 5.82 Å². The van der Waals surface area contributed by atoms with Crippen LogP contribution in [0.15, 0.2) is 48.7 Å². The van der Waals surface area contributed by atoms with Gasteiger partial charge in [0.2, 0.25) is 0 Å². The lowest BCUT2D eigenvalue weighted by Crippen LogP contribution is -2.24. The molecule has 0 fully saturated rings. The van der Waals surface area contributed by atoms with Crippen molar-refractivity contribution in [1.82, 2.24) is 4.98 Å². The number of nitrogens with zero attached hydrogens (tertiary/aromatic N) is 2. The predicted molar refractivity (Wildman–Crippen MR) is 103 cm³/mol. The summed E-state index contributed by atoms with van der Waals surface area (Å²) in [5.74, 6) is -0.592. The predicted octanol–water partition coefficient (Wildman–Crippen LogP) is 4.97. The second-order valence-corrected chi connectivity index (χ2v) is 6.63. The SMILES string of the molecule is O=C(OCBr)c1ccc2ncc(N3CCCc4cc(F)ccc43)cc2c1. The molecule has 0 aliphatic carbocycles. The second-order valence-electron chi connectivity index (χ2n) is 6.17. The fourth-order valence-electron chi connectivity index (χ4n) is 3.36. The average molecular weight is 415 g/mol. The van der Waals surface area contributed by atoms with Crippen LogP contribution in [0.1, 0.15) is 22.3 Å². The van der Waals surface area contributed by atoms with E-state index in [1.165, 1.54) is 6.07 Å². The molecule has 132 valence electrons. The molecular weight excluding hydrogens is 399 g/mol. The van der Waals surface area contributed by atoms with Crippen LogP contribution in [-0.4, -0.2) is 23.0 Å². The van der Waals surface area contributed by atoms with Crippen molar-refractivity contribution in [3.05, 3.63) is 65.6 Å². The molecule has 0 amide bonds. The van der Waals surface area contributed by atoms with E-state index < -0.39 is 0 Å². The summed E-state index contributed by atoms with van der Waals surface area (Å²) >= 11 is 3.09. The van der Waals surface area contributed by atoms with E-state index >= 15 is 0 Å². The topological polar surface area (TPSA) is 42.4 Å². The number of carbonyl (C=O) groups excluding carboxylic acids is 1. The van der Waals surface area contributed by atoms with Crippen molar-refractivity contribution >= 4 is 44.2 Å². The molecular formula is C20H16BrFN2O2. The summed E-state index contributed by atoms with van der Waals surface area (Å²) in [6.07, 6.45) is 3.64. The lowest BCUT2D eigenvalue weighted by Gasteiger charge is -2.31. The van der Waals surface area contributed by atoms with Gasteiger partial charge in [0.15, 0.2) is 0 Å². The highest BCUT2D eigenvalue weighted by Crippen LogP contribution is 2.34. The summed E-state index contributed by atoms with van der Waals surface area (Å²) < 4.78 is 18.5. The third-order valence-corrected chi connectivity index (χ3v) is 4.79. The molecule has 4 rings (SSSR count). The van der Waals surface area contributed by atoms with Crippen LogP contribution in [0.4, 0.5) is 15.8 Å². The molecule has 2 heterocycles. The third-order valence-electron chi connectivity index (χ3n) is 4.56. The van der Waals surface area contributed by atoms with E-state index in [2.05, 4.69) is 25.8 Å². The zero-order valence-corrected chi connectivity index (χ0v) is 15.5. The summed E-state index contributed by atoms with van der Waals surface area (Å²) in [7, 11) is 0. The minimum absolute atomic E-state index is 0.156. The maximum atomic E-state index is 13.5. The van der Waals surface area contributed by atoms with Gasteiger partial charge in [0.25, 0.3) is 0 Å². The van der Waals surface area contributed by atoms with Gasteiger partial charge in [-0.3, -0.25) is 4.98 Å². The monoisotopic (exact) mass is 414 g/mol. The number of esters is 1. The smallest absolute Gasteiger partial charge is 0.338 e. The van der Waals surface area contributed by atoms with Gasteiger partial charge in [0, 0.05) is 17.6 Å². The molecule has 1 aliphatic rings. The lowest BCUT2D eigenvalue weighted by molar-refractivity contribution is 0.0584. The molecule has 0 atom stereocenters. The zero-order chi connectivity index (χ0) is 18.1. The van der Waals surface area contributed by atoms with Crippen molar-refractivity contribution in [3.8, 4) is 0 Å². The molecule has 0 N–H and O–H groups in total. The minimum atomic E-state index is -0.382. The molecule has 0 unspecified atom stereocenters. The van der Waals surface area contributed by atoms with Gasteiger partial charge in [-0.05, 0) is 76.8 Å². The third kappa shape index (κ3) is 3.17. The van der Waals surface area contributed by atoms with Gasteiger partial charge >= 0.3 is 5.97 Å². The van der Waals surface area contributed by atoms with E-state index in [9.17, 15) is 9.18 Å². The summed E-state index contributed by atoms with van der Waals surface area (Å²) in [6, 6.07) is 12.2. The second kappa shape index (κ2) is 7.03. The first-order valence-corrected chi connectivity index (χ1v) is 9.47. The standard InChI is InChI=1S/C20H16BrFN2O2/c21-12-26-20(25)14-3-5-18-15(8-14)10-17(11-23-18)24-7-1-2-13-9-16(22)4-6-19(13)24/h3-6,8-11H,1-2,7,12H2. The Morgan fingerprint density at radius 1 is 1.23 bits per heavy atom. The number of hydrogen-bond acceptors (Lipinski definition) is 4. The molecule has 6 heteroatoms. The molecule has 0 saturated carbocycles. The van der Waals surface area contributed by atoms with Crippen molar-refractivity contribution < 1.29 is 13.9 Å². The Morgan fingerprint density at radius 2 is 2.12 bits per heavy atom. The Morgan fingerprint density at radius 3 is 2.96 bits per heavy atom. The number of aryl methyl sites for hydroxylation is 1. The summed E-state index contributed by atoms with van der Waals surface area (Å²) in [5, 5.41) is 0.862. The minimum Gasteiger partial charge on any atom is -0.450 e. The van der Waals surface area contributed by atoms with Gasteiger partial charge in [0.05, 0.1) is 23.0 Å². The van der Waals surface area contributed by atoms with E-state index in [1.807, 2.05) is 24.4 Å². The molecule has 0 saturated heterocycles. The molecule has 26 heavy (non-hydrogen) atoms. The molecule has 3 aromatic rings. The number of ether oxygens (including phenoxy) is 1. The lowest BCUT2D eigenvalue weighted by atomic mass is 10.0. The number of pyridine rings is 1. The van der Waals surface area contributed by atoms with Crippen LogP contribution in [-0.2, 0) is 11.2 Å². The highest BCUT2D eigenvalue weighted by Gasteiger charge is 2.19. The molecule has 4 nitrogen and oxygen atoms in total. The maximum absolute atomic E-state index is 13.5. The van der Waals surface area contributed by atoms with Gasteiger partial charge in [-0.15, -0.1) is 0 Å². The average Bonchev–Trinajstić information content (AvgIpc) is 2.66. The van der Waals surface area contributed by atoms with Gasteiger partial charge in [-0.25, -0.2) is 9.18 Å². The van der Waals surface area contributed by atoms with E-state index in [-0.39, 0.29) is 17.3 Å². The van der Waals surface area contributed by atoms with Crippen LogP contribution < -0.4 is 4.90 Å².